The largest absolute Gasteiger partial charge is 0.366 e. The molecule has 0 aliphatic rings. The Morgan fingerprint density at radius 3 is 2.24 bits per heavy atom. The molecule has 4 amide bonds. The van der Waals surface area contributed by atoms with E-state index in [0.717, 1.165) is 11.8 Å². The van der Waals surface area contributed by atoms with Crippen molar-refractivity contribution in [3.8, 4) is 0 Å². The molecule has 3 aromatic rings. The van der Waals surface area contributed by atoms with Gasteiger partial charge in [0.1, 0.15) is 0 Å². The number of hydrogen-bond acceptors (Lipinski definition) is 7. The van der Waals surface area contributed by atoms with Crippen LogP contribution in [0.5, 0.6) is 0 Å². The van der Waals surface area contributed by atoms with Gasteiger partial charge in [0.05, 0.1) is 5.75 Å². The van der Waals surface area contributed by atoms with Crippen molar-refractivity contribution in [3.63, 3.8) is 0 Å². The fraction of sp³-hybridized carbons (Fsp3) is 0.0909. The summed E-state index contributed by atoms with van der Waals surface area (Å²) in [6, 6.07) is 14.2. The van der Waals surface area contributed by atoms with E-state index in [4.69, 9.17) is 5.73 Å². The number of thioether (sulfide) groups is 1. The zero-order valence-electron chi connectivity index (χ0n) is 17.9. The lowest BCUT2D eigenvalue weighted by molar-refractivity contribution is -0.114. The second-order valence-corrected chi connectivity index (χ2v) is 7.84. The molecule has 6 N–H and O–H groups in total. The Balaban J connectivity index is 1.72. The number of aromatic nitrogens is 2. The van der Waals surface area contributed by atoms with Crippen LogP contribution in [0, 0.1) is 0 Å². The zero-order chi connectivity index (χ0) is 24.7. The number of hydrogen-bond donors (Lipinski definition) is 5. The first-order chi connectivity index (χ1) is 16.2. The normalized spacial score (nSPS) is 10.3. The van der Waals surface area contributed by atoms with Crippen molar-refractivity contribution >= 4 is 52.6 Å². The molecule has 34 heavy (non-hydrogen) atoms. The topological polar surface area (TPSA) is 176 Å². The van der Waals surface area contributed by atoms with Crippen LogP contribution in [0.15, 0.2) is 64.5 Å². The van der Waals surface area contributed by atoms with Gasteiger partial charge in [-0.3, -0.25) is 29.0 Å². The van der Waals surface area contributed by atoms with Crippen molar-refractivity contribution in [1.82, 2.24) is 9.97 Å². The third kappa shape index (κ3) is 6.53. The standard InChI is InChI=1S/C22H20N6O5S/c1-12(29)24-19-17(26-20(32)14-5-3-2-4-6-14)21(33)28-22(27-19)34-11-16(30)25-15-9-7-13(8-10-15)18(23)31/h2-10H,11H2,1H3,(H2,23,31)(H,25,30)(H,26,32)(H2,24,27,28,29,33). The van der Waals surface area contributed by atoms with Crippen LogP contribution in [-0.2, 0) is 9.59 Å². The molecule has 0 fully saturated rings. The number of rotatable bonds is 8. The highest BCUT2D eigenvalue weighted by Gasteiger charge is 2.17. The monoisotopic (exact) mass is 480 g/mol. The number of benzene rings is 2. The predicted octanol–water partition coefficient (Wildman–Crippen LogP) is 1.81. The summed E-state index contributed by atoms with van der Waals surface area (Å²) in [5.41, 5.74) is 5.33. The minimum atomic E-state index is -0.701. The van der Waals surface area contributed by atoms with E-state index in [9.17, 15) is 24.0 Å². The number of aromatic amines is 1. The van der Waals surface area contributed by atoms with Crippen molar-refractivity contribution in [2.75, 3.05) is 21.7 Å². The highest BCUT2D eigenvalue weighted by Crippen LogP contribution is 2.20. The van der Waals surface area contributed by atoms with Gasteiger partial charge in [-0.25, -0.2) is 4.98 Å². The van der Waals surface area contributed by atoms with Crippen LogP contribution in [-0.4, -0.2) is 39.3 Å². The van der Waals surface area contributed by atoms with Gasteiger partial charge in [0.15, 0.2) is 16.7 Å². The molecule has 12 heteroatoms. The Hall–Kier alpha value is -4.45. The molecule has 0 unspecified atom stereocenters. The van der Waals surface area contributed by atoms with Gasteiger partial charge >= 0.3 is 0 Å². The first-order valence-electron chi connectivity index (χ1n) is 9.83. The summed E-state index contributed by atoms with van der Waals surface area (Å²) in [5.74, 6) is -2.30. The second-order valence-electron chi connectivity index (χ2n) is 6.87. The molecule has 1 heterocycles. The molecule has 0 atom stereocenters. The molecular weight excluding hydrogens is 460 g/mol. The Labute approximate surface area is 197 Å². The van der Waals surface area contributed by atoms with E-state index in [1.807, 2.05) is 0 Å². The highest BCUT2D eigenvalue weighted by molar-refractivity contribution is 7.99. The fourth-order valence-electron chi connectivity index (χ4n) is 2.72. The van der Waals surface area contributed by atoms with Gasteiger partial charge in [-0.2, -0.15) is 0 Å². The first kappa shape index (κ1) is 24.2. The van der Waals surface area contributed by atoms with Gasteiger partial charge in [-0.05, 0) is 36.4 Å². The third-order valence-electron chi connectivity index (χ3n) is 4.26. The van der Waals surface area contributed by atoms with Crippen LogP contribution < -0.4 is 27.2 Å². The molecule has 174 valence electrons. The molecule has 2 aromatic carbocycles. The third-order valence-corrected chi connectivity index (χ3v) is 5.13. The summed E-state index contributed by atoms with van der Waals surface area (Å²) in [5, 5.41) is 7.57. The smallest absolute Gasteiger partial charge is 0.277 e. The van der Waals surface area contributed by atoms with Crippen LogP contribution in [0.3, 0.4) is 0 Å². The van der Waals surface area contributed by atoms with E-state index >= 15 is 0 Å². The molecule has 0 saturated heterocycles. The SMILES string of the molecule is CC(=O)Nc1nc(SCC(=O)Nc2ccc(C(N)=O)cc2)[nH]c(=O)c1NC(=O)c1ccccc1. The number of anilines is 3. The Morgan fingerprint density at radius 2 is 1.62 bits per heavy atom. The maximum atomic E-state index is 12.6. The number of carbonyl (C=O) groups is 4. The Morgan fingerprint density at radius 1 is 0.941 bits per heavy atom. The Bertz CT molecular complexity index is 1290. The molecule has 0 radical (unpaired) electrons. The molecule has 0 aliphatic carbocycles. The summed E-state index contributed by atoms with van der Waals surface area (Å²) >= 11 is 0.918. The van der Waals surface area contributed by atoms with Crippen LogP contribution in [0.4, 0.5) is 17.2 Å². The second kappa shape index (κ2) is 10.9. The van der Waals surface area contributed by atoms with Crippen molar-refractivity contribution in [1.29, 1.82) is 0 Å². The van der Waals surface area contributed by atoms with E-state index in [1.54, 1.807) is 30.3 Å². The quantitative estimate of drug-likeness (QED) is 0.241. The summed E-state index contributed by atoms with van der Waals surface area (Å²) < 4.78 is 0. The van der Waals surface area contributed by atoms with Gasteiger partial charge in [-0.15, -0.1) is 0 Å². The lowest BCUT2D eigenvalue weighted by Crippen LogP contribution is -2.24. The van der Waals surface area contributed by atoms with E-state index < -0.39 is 29.2 Å². The number of carbonyl (C=O) groups excluding carboxylic acids is 4. The molecule has 11 nitrogen and oxygen atoms in total. The average Bonchev–Trinajstić information content (AvgIpc) is 2.80. The fourth-order valence-corrected chi connectivity index (χ4v) is 3.38. The molecule has 0 saturated carbocycles. The number of amides is 4. The minimum Gasteiger partial charge on any atom is -0.366 e. The average molecular weight is 481 g/mol. The van der Waals surface area contributed by atoms with Crippen molar-refractivity contribution in [2.45, 2.75) is 12.1 Å². The summed E-state index contributed by atoms with van der Waals surface area (Å²) in [6.45, 7) is 1.23. The number of nitrogens with zero attached hydrogens (tertiary/aromatic N) is 1. The zero-order valence-corrected chi connectivity index (χ0v) is 18.7. The van der Waals surface area contributed by atoms with E-state index in [-0.39, 0.29) is 22.4 Å². The summed E-state index contributed by atoms with van der Waals surface area (Å²) in [7, 11) is 0. The predicted molar refractivity (Wildman–Crippen MR) is 128 cm³/mol. The van der Waals surface area contributed by atoms with Crippen molar-refractivity contribution < 1.29 is 19.2 Å². The summed E-state index contributed by atoms with van der Waals surface area (Å²) in [4.78, 5) is 66.7. The van der Waals surface area contributed by atoms with Gasteiger partial charge in [0, 0.05) is 23.7 Å². The maximum absolute atomic E-state index is 12.6. The lowest BCUT2D eigenvalue weighted by Gasteiger charge is -2.11. The first-order valence-corrected chi connectivity index (χ1v) is 10.8. The number of nitrogens with two attached hydrogens (primary N) is 1. The van der Waals surface area contributed by atoms with Crippen molar-refractivity contribution in [3.05, 3.63) is 76.1 Å². The van der Waals surface area contributed by atoms with Gasteiger partial charge in [0.2, 0.25) is 17.7 Å². The van der Waals surface area contributed by atoms with Crippen LogP contribution in [0.25, 0.3) is 0 Å². The molecule has 3 rings (SSSR count). The van der Waals surface area contributed by atoms with E-state index in [0.29, 0.717) is 16.8 Å². The maximum Gasteiger partial charge on any atom is 0.277 e. The number of primary amides is 1. The summed E-state index contributed by atoms with van der Waals surface area (Å²) in [6.07, 6.45) is 0. The van der Waals surface area contributed by atoms with Gasteiger partial charge in [0.25, 0.3) is 11.5 Å². The van der Waals surface area contributed by atoms with Crippen molar-refractivity contribution in [2.24, 2.45) is 5.73 Å². The van der Waals surface area contributed by atoms with E-state index in [2.05, 4.69) is 25.9 Å². The van der Waals surface area contributed by atoms with Crippen LogP contribution in [0.2, 0.25) is 0 Å². The van der Waals surface area contributed by atoms with Gasteiger partial charge < -0.3 is 21.7 Å². The lowest BCUT2D eigenvalue weighted by atomic mass is 10.2. The molecule has 0 aliphatic heterocycles. The van der Waals surface area contributed by atoms with E-state index in [1.165, 1.54) is 31.2 Å². The van der Waals surface area contributed by atoms with Crippen LogP contribution in [0.1, 0.15) is 27.6 Å². The number of nitrogens with one attached hydrogen (secondary N) is 4. The molecule has 0 bridgehead atoms. The minimum absolute atomic E-state index is 0.0608. The molecule has 0 spiro atoms. The Kier molecular flexibility index (Phi) is 7.77. The van der Waals surface area contributed by atoms with Gasteiger partial charge in [-0.1, -0.05) is 30.0 Å². The van der Waals surface area contributed by atoms with Crippen LogP contribution >= 0.6 is 11.8 Å². The highest BCUT2D eigenvalue weighted by atomic mass is 32.2. The number of H-pyrrole nitrogens is 1. The molecule has 1 aromatic heterocycles. The molecular formula is C22H20N6O5S.